The summed E-state index contributed by atoms with van der Waals surface area (Å²) < 4.78 is 52.9. The number of rotatable bonds is 3. The number of amides is 1. The van der Waals surface area contributed by atoms with Crippen molar-refractivity contribution in [1.29, 1.82) is 0 Å². The maximum Gasteiger partial charge on any atom is 0.331 e. The van der Waals surface area contributed by atoms with E-state index < -0.39 is 39.1 Å². The fourth-order valence-electron chi connectivity index (χ4n) is 2.18. The maximum absolute atomic E-state index is 13.9. The highest BCUT2D eigenvalue weighted by Gasteiger charge is 2.60. The Hall–Kier alpha value is -1.02. The molecule has 1 aliphatic rings. The lowest BCUT2D eigenvalue weighted by Crippen LogP contribution is -2.39. The summed E-state index contributed by atoms with van der Waals surface area (Å²) in [7, 11) is -4.26. The van der Waals surface area contributed by atoms with Crippen LogP contribution in [-0.2, 0) is 14.8 Å². The largest absolute Gasteiger partial charge is 0.331 e. The van der Waals surface area contributed by atoms with Crippen molar-refractivity contribution in [1.82, 2.24) is 4.31 Å². The van der Waals surface area contributed by atoms with E-state index in [-0.39, 0.29) is 9.20 Å². The Balaban J connectivity index is 2.42. The van der Waals surface area contributed by atoms with E-state index in [2.05, 4.69) is 15.9 Å². The van der Waals surface area contributed by atoms with Crippen LogP contribution >= 0.6 is 15.9 Å². The smallest absolute Gasteiger partial charge is 0.267 e. The minimum Gasteiger partial charge on any atom is -0.267 e. The van der Waals surface area contributed by atoms with Gasteiger partial charge in [-0.2, -0.15) is 8.78 Å². The van der Waals surface area contributed by atoms with Crippen molar-refractivity contribution in [2.45, 2.75) is 29.5 Å². The molecule has 1 aliphatic heterocycles. The summed E-state index contributed by atoms with van der Waals surface area (Å²) >= 11 is 3.01. The van der Waals surface area contributed by atoms with E-state index in [1.807, 2.05) is 0 Å². The van der Waals surface area contributed by atoms with Crippen LogP contribution in [0.1, 0.15) is 12.5 Å². The van der Waals surface area contributed by atoms with Crippen molar-refractivity contribution in [3.63, 3.8) is 0 Å². The van der Waals surface area contributed by atoms with Crippen LogP contribution in [0.15, 0.2) is 29.2 Å². The third kappa shape index (κ3) is 2.70. The van der Waals surface area contributed by atoms with Crippen LogP contribution in [0.4, 0.5) is 8.78 Å². The van der Waals surface area contributed by atoms with Gasteiger partial charge in [-0.05, 0) is 19.1 Å². The van der Waals surface area contributed by atoms with Gasteiger partial charge in [0.2, 0.25) is 0 Å². The first-order chi connectivity index (χ1) is 9.58. The average Bonchev–Trinajstić information content (AvgIpc) is 2.62. The summed E-state index contributed by atoms with van der Waals surface area (Å²) in [5.41, 5.74) is 0.832. The van der Waals surface area contributed by atoms with E-state index in [0.29, 0.717) is 0 Å². The molecule has 0 bridgehead atoms. The summed E-state index contributed by atoms with van der Waals surface area (Å²) in [6, 6.07) is 5.72. The summed E-state index contributed by atoms with van der Waals surface area (Å²) in [6.07, 6.45) is 0. The number of carbonyl (C=O) groups excluding carboxylic acids is 1. The second-order valence-electron chi connectivity index (χ2n) is 5.06. The van der Waals surface area contributed by atoms with Crippen molar-refractivity contribution in [3.05, 3.63) is 29.8 Å². The Morgan fingerprint density at radius 2 is 1.86 bits per heavy atom. The Bertz CT molecular complexity index is 658. The van der Waals surface area contributed by atoms with Crippen LogP contribution < -0.4 is 0 Å². The van der Waals surface area contributed by atoms with Gasteiger partial charge in [-0.3, -0.25) is 4.79 Å². The normalized spacial score (nSPS) is 23.4. The summed E-state index contributed by atoms with van der Waals surface area (Å²) in [5, 5.41) is 0. The Kier molecular flexibility index (Phi) is 4.14. The highest BCUT2D eigenvalue weighted by molar-refractivity contribution is 9.09. The van der Waals surface area contributed by atoms with Gasteiger partial charge < -0.3 is 0 Å². The fourth-order valence-corrected chi connectivity index (χ4v) is 4.11. The Morgan fingerprint density at radius 3 is 2.29 bits per heavy atom. The third-order valence-electron chi connectivity index (χ3n) is 3.50. The summed E-state index contributed by atoms with van der Waals surface area (Å²) in [5.74, 6) is -6.75. The van der Waals surface area contributed by atoms with Crippen molar-refractivity contribution in [3.8, 4) is 0 Å². The molecule has 1 saturated heterocycles. The highest BCUT2D eigenvalue weighted by atomic mass is 79.9. The van der Waals surface area contributed by atoms with Crippen molar-refractivity contribution >= 4 is 31.9 Å². The molecule has 1 aromatic carbocycles. The zero-order valence-electron chi connectivity index (χ0n) is 11.4. The quantitative estimate of drug-likeness (QED) is 0.756. The molecule has 0 N–H and O–H groups in total. The fraction of sp³-hybridized carbons (Fsp3) is 0.462. The molecular formula is C13H14BrF2NO3S. The summed E-state index contributed by atoms with van der Waals surface area (Å²) in [4.78, 5) is 11.0. The Labute approximate surface area is 130 Å². The number of aryl methyl sites for hydroxylation is 1. The van der Waals surface area contributed by atoms with Crippen LogP contribution in [0, 0.1) is 12.8 Å². The van der Waals surface area contributed by atoms with Gasteiger partial charge >= 0.3 is 11.8 Å². The molecule has 0 spiro atoms. The minimum absolute atomic E-state index is 0.167. The molecule has 0 saturated carbocycles. The lowest BCUT2D eigenvalue weighted by Gasteiger charge is -2.17. The molecule has 0 aliphatic carbocycles. The molecule has 21 heavy (non-hydrogen) atoms. The van der Waals surface area contributed by atoms with Gasteiger partial charge in [-0.15, -0.1) is 0 Å². The zero-order valence-corrected chi connectivity index (χ0v) is 13.8. The first-order valence-electron chi connectivity index (χ1n) is 6.24. The number of benzene rings is 1. The summed E-state index contributed by atoms with van der Waals surface area (Å²) in [6.45, 7) is 2.70. The third-order valence-corrected chi connectivity index (χ3v) is 5.90. The molecule has 8 heteroatoms. The number of carbonyl (C=O) groups is 1. The highest BCUT2D eigenvalue weighted by Crippen LogP contribution is 2.41. The lowest BCUT2D eigenvalue weighted by molar-refractivity contribution is -0.147. The maximum atomic E-state index is 13.9. The van der Waals surface area contributed by atoms with Crippen LogP contribution in [0.25, 0.3) is 0 Å². The SMILES string of the molecule is Cc1ccc(S(=O)(=O)N2CC(C(C)Br)C(F)(F)C2=O)cc1. The van der Waals surface area contributed by atoms with Gasteiger partial charge in [0.05, 0.1) is 10.8 Å². The molecule has 4 nitrogen and oxygen atoms in total. The van der Waals surface area contributed by atoms with E-state index in [1.54, 1.807) is 19.1 Å². The second kappa shape index (κ2) is 5.31. The first-order valence-corrected chi connectivity index (χ1v) is 8.59. The molecular weight excluding hydrogens is 368 g/mol. The monoisotopic (exact) mass is 381 g/mol. The molecule has 0 radical (unpaired) electrons. The molecule has 0 aromatic heterocycles. The van der Waals surface area contributed by atoms with Gasteiger partial charge in [0, 0.05) is 11.4 Å². The molecule has 1 amide bonds. The van der Waals surface area contributed by atoms with Gasteiger partial charge in [0.15, 0.2) is 0 Å². The number of halogens is 3. The van der Waals surface area contributed by atoms with Gasteiger partial charge in [-0.25, -0.2) is 12.7 Å². The van der Waals surface area contributed by atoms with Crippen LogP contribution in [0.2, 0.25) is 0 Å². The minimum atomic E-state index is -4.26. The molecule has 1 aromatic rings. The van der Waals surface area contributed by atoms with Crippen molar-refractivity contribution < 1.29 is 22.0 Å². The standard InChI is InChI=1S/C13H14BrF2NO3S/c1-8-3-5-10(6-4-8)21(19,20)17-7-11(9(2)14)13(15,16)12(17)18/h3-6,9,11H,7H2,1-2H3. The van der Waals surface area contributed by atoms with Crippen molar-refractivity contribution in [2.24, 2.45) is 5.92 Å². The second-order valence-corrected chi connectivity index (χ2v) is 8.37. The molecule has 1 heterocycles. The lowest BCUT2D eigenvalue weighted by atomic mass is 10.0. The predicted molar refractivity (Wildman–Crippen MR) is 76.9 cm³/mol. The van der Waals surface area contributed by atoms with Crippen LogP contribution in [0.5, 0.6) is 0 Å². The van der Waals surface area contributed by atoms with Crippen LogP contribution in [-0.4, -0.2) is 35.9 Å². The topological polar surface area (TPSA) is 54.5 Å². The van der Waals surface area contributed by atoms with Crippen LogP contribution in [0.3, 0.4) is 0 Å². The molecule has 2 rings (SSSR count). The van der Waals surface area contributed by atoms with E-state index in [1.165, 1.54) is 19.1 Å². The average molecular weight is 382 g/mol. The number of hydrogen-bond donors (Lipinski definition) is 0. The van der Waals surface area contributed by atoms with Crippen molar-refractivity contribution in [2.75, 3.05) is 6.54 Å². The van der Waals surface area contributed by atoms with Gasteiger partial charge in [0.25, 0.3) is 10.0 Å². The molecule has 116 valence electrons. The Morgan fingerprint density at radius 1 is 1.33 bits per heavy atom. The van der Waals surface area contributed by atoms with E-state index in [0.717, 1.165) is 5.56 Å². The zero-order chi connectivity index (χ0) is 16.0. The van der Waals surface area contributed by atoms with E-state index in [4.69, 9.17) is 0 Å². The molecule has 2 unspecified atom stereocenters. The number of nitrogens with zero attached hydrogens (tertiary/aromatic N) is 1. The molecule has 1 fully saturated rings. The van der Waals surface area contributed by atoms with Gasteiger partial charge in [0.1, 0.15) is 0 Å². The molecule has 2 atom stereocenters. The predicted octanol–water partition coefficient (Wildman–Crippen LogP) is 2.56. The van der Waals surface area contributed by atoms with E-state index in [9.17, 15) is 22.0 Å². The first kappa shape index (κ1) is 16.4. The van der Waals surface area contributed by atoms with Gasteiger partial charge in [-0.1, -0.05) is 40.5 Å². The number of hydrogen-bond acceptors (Lipinski definition) is 3. The number of alkyl halides is 3. The van der Waals surface area contributed by atoms with E-state index >= 15 is 0 Å². The number of sulfonamides is 1.